The predicted octanol–water partition coefficient (Wildman–Crippen LogP) is 3.36. The quantitative estimate of drug-likeness (QED) is 0.581. The van der Waals surface area contributed by atoms with E-state index in [1.165, 1.54) is 18.6 Å². The zero-order valence-electron chi connectivity index (χ0n) is 9.79. The van der Waals surface area contributed by atoms with Gasteiger partial charge in [-0.15, -0.1) is 0 Å². The molecule has 1 aromatic carbocycles. The Hall–Kier alpha value is -1.47. The van der Waals surface area contributed by atoms with Gasteiger partial charge in [0.15, 0.2) is 0 Å². The molecule has 0 spiro atoms. The molecule has 1 aliphatic carbocycles. The second-order valence-electron chi connectivity index (χ2n) is 4.76. The Balaban J connectivity index is 2.31. The number of hydrogen-bond donors (Lipinski definition) is 0. The number of benzene rings is 1. The minimum absolute atomic E-state index is 0.0800. The normalized spacial score (nSPS) is 18.4. The van der Waals surface area contributed by atoms with Gasteiger partial charge in [-0.1, -0.05) is 31.4 Å². The molecule has 1 aliphatic rings. The van der Waals surface area contributed by atoms with Crippen LogP contribution >= 0.6 is 0 Å². The Morgan fingerprint density at radius 1 is 1.18 bits per heavy atom. The molecule has 0 heterocycles. The van der Waals surface area contributed by atoms with Crippen LogP contribution in [0.25, 0.3) is 0 Å². The Labute approximate surface area is 101 Å². The Morgan fingerprint density at radius 2 is 1.82 bits per heavy atom. The van der Waals surface area contributed by atoms with Crippen LogP contribution in [0, 0.1) is 5.82 Å². The van der Waals surface area contributed by atoms with Crippen molar-refractivity contribution in [1.82, 2.24) is 0 Å². The third-order valence-corrected chi connectivity index (χ3v) is 3.71. The molecule has 0 atom stereocenters. The smallest absolute Gasteiger partial charge is 0.211 e. The van der Waals surface area contributed by atoms with E-state index in [4.69, 9.17) is 0 Å². The van der Waals surface area contributed by atoms with Crippen molar-refractivity contribution in [3.63, 3.8) is 0 Å². The first kappa shape index (κ1) is 12.0. The number of carbonyl (C=O) groups excluding carboxylic acids is 1. The zero-order chi connectivity index (χ0) is 12.1. The summed E-state index contributed by atoms with van der Waals surface area (Å²) in [4.78, 5) is 14.1. The van der Waals surface area contributed by atoms with Crippen LogP contribution < -0.4 is 0 Å². The Bertz CT molecular complexity index is 414. The number of aliphatic imine (C=N–C) groups is 1. The van der Waals surface area contributed by atoms with Crippen LogP contribution in [0.3, 0.4) is 0 Å². The Morgan fingerprint density at radius 3 is 2.41 bits per heavy atom. The van der Waals surface area contributed by atoms with E-state index in [1.807, 2.05) is 12.1 Å². The molecule has 0 bridgehead atoms. The van der Waals surface area contributed by atoms with Crippen molar-refractivity contribution in [3.8, 4) is 0 Å². The van der Waals surface area contributed by atoms with Gasteiger partial charge in [0.25, 0.3) is 0 Å². The van der Waals surface area contributed by atoms with E-state index in [-0.39, 0.29) is 11.2 Å². The van der Waals surface area contributed by atoms with E-state index >= 15 is 0 Å². The fraction of sp³-hybridized carbons (Fsp3) is 0.500. The van der Waals surface area contributed by atoms with Crippen molar-refractivity contribution >= 4 is 6.08 Å². The van der Waals surface area contributed by atoms with Gasteiger partial charge in [0.1, 0.15) is 5.82 Å². The fourth-order valence-corrected chi connectivity index (χ4v) is 2.75. The molecule has 2 nitrogen and oxygen atoms in total. The third-order valence-electron chi connectivity index (χ3n) is 3.71. The van der Waals surface area contributed by atoms with Gasteiger partial charge in [-0.2, -0.15) is 0 Å². The van der Waals surface area contributed by atoms with E-state index in [2.05, 4.69) is 4.99 Å². The third kappa shape index (κ3) is 2.62. The summed E-state index contributed by atoms with van der Waals surface area (Å²) in [5.41, 5.74) is 1.02. The first-order valence-electron chi connectivity index (χ1n) is 6.06. The van der Waals surface area contributed by atoms with Crippen LogP contribution in [0.15, 0.2) is 29.3 Å². The van der Waals surface area contributed by atoms with Gasteiger partial charge in [0, 0.05) is 5.41 Å². The summed E-state index contributed by atoms with van der Waals surface area (Å²) in [5.74, 6) is -0.224. The highest BCUT2D eigenvalue weighted by molar-refractivity contribution is 5.35. The molecule has 0 aromatic heterocycles. The van der Waals surface area contributed by atoms with Gasteiger partial charge >= 0.3 is 0 Å². The summed E-state index contributed by atoms with van der Waals surface area (Å²) in [5, 5.41) is 0. The van der Waals surface area contributed by atoms with E-state index in [0.717, 1.165) is 31.2 Å². The molecule has 17 heavy (non-hydrogen) atoms. The number of hydrogen-bond acceptors (Lipinski definition) is 2. The lowest BCUT2D eigenvalue weighted by molar-refractivity contribution is 0.301. The lowest BCUT2D eigenvalue weighted by Crippen LogP contribution is -2.32. The van der Waals surface area contributed by atoms with E-state index in [1.54, 1.807) is 6.08 Å². The minimum atomic E-state index is -0.224. The van der Waals surface area contributed by atoms with Crippen LogP contribution in [-0.4, -0.2) is 12.6 Å². The number of rotatable bonds is 3. The van der Waals surface area contributed by atoms with Gasteiger partial charge in [-0.05, 0) is 30.5 Å². The largest absolute Gasteiger partial charge is 0.234 e. The van der Waals surface area contributed by atoms with Crippen LogP contribution in [0.4, 0.5) is 4.39 Å². The van der Waals surface area contributed by atoms with Crippen molar-refractivity contribution in [2.45, 2.75) is 37.5 Å². The second kappa shape index (κ2) is 5.24. The SMILES string of the molecule is O=C=NCC1(c2ccc(F)cc2)CCCCC1. The summed E-state index contributed by atoms with van der Waals surface area (Å²) in [7, 11) is 0. The number of nitrogens with zero attached hydrogens (tertiary/aromatic N) is 1. The molecule has 90 valence electrons. The number of isocyanates is 1. The van der Waals surface area contributed by atoms with Crippen molar-refractivity contribution in [1.29, 1.82) is 0 Å². The minimum Gasteiger partial charge on any atom is -0.211 e. The summed E-state index contributed by atoms with van der Waals surface area (Å²) in [6.45, 7) is 0.474. The van der Waals surface area contributed by atoms with Crippen molar-refractivity contribution in [2.24, 2.45) is 4.99 Å². The second-order valence-corrected chi connectivity index (χ2v) is 4.76. The molecule has 1 fully saturated rings. The molecule has 1 aromatic rings. The first-order valence-corrected chi connectivity index (χ1v) is 6.06. The summed E-state index contributed by atoms with van der Waals surface area (Å²) < 4.78 is 12.9. The standard InChI is InChI=1S/C14H16FNO/c15-13-6-4-12(5-7-13)14(10-16-11-17)8-2-1-3-9-14/h4-7H,1-3,8-10H2. The van der Waals surface area contributed by atoms with E-state index in [9.17, 15) is 9.18 Å². The summed E-state index contributed by atoms with van der Waals surface area (Å²) in [6, 6.07) is 6.61. The van der Waals surface area contributed by atoms with Gasteiger partial charge in [0.2, 0.25) is 6.08 Å². The summed E-state index contributed by atoms with van der Waals surface area (Å²) >= 11 is 0. The molecule has 0 saturated heterocycles. The van der Waals surface area contributed by atoms with E-state index < -0.39 is 0 Å². The molecule has 0 aliphatic heterocycles. The average Bonchev–Trinajstić information content (AvgIpc) is 2.38. The van der Waals surface area contributed by atoms with Crippen molar-refractivity contribution in [3.05, 3.63) is 35.6 Å². The van der Waals surface area contributed by atoms with Crippen molar-refractivity contribution in [2.75, 3.05) is 6.54 Å². The van der Waals surface area contributed by atoms with Crippen LogP contribution in [-0.2, 0) is 10.2 Å². The Kier molecular flexibility index (Phi) is 3.70. The summed E-state index contributed by atoms with van der Waals surface area (Å²) in [6.07, 6.45) is 7.18. The molecule has 1 saturated carbocycles. The molecule has 0 N–H and O–H groups in total. The molecule has 0 radical (unpaired) electrons. The monoisotopic (exact) mass is 233 g/mol. The lowest BCUT2D eigenvalue weighted by Gasteiger charge is -2.36. The van der Waals surface area contributed by atoms with Gasteiger partial charge in [0.05, 0.1) is 6.54 Å². The van der Waals surface area contributed by atoms with E-state index in [0.29, 0.717) is 6.54 Å². The van der Waals surface area contributed by atoms with Crippen molar-refractivity contribution < 1.29 is 9.18 Å². The highest BCUT2D eigenvalue weighted by atomic mass is 19.1. The van der Waals surface area contributed by atoms with Gasteiger partial charge in [-0.3, -0.25) is 0 Å². The highest BCUT2D eigenvalue weighted by Gasteiger charge is 2.33. The molecular formula is C14H16FNO. The maximum absolute atomic E-state index is 12.9. The predicted molar refractivity (Wildman–Crippen MR) is 64.2 cm³/mol. The highest BCUT2D eigenvalue weighted by Crippen LogP contribution is 2.39. The topological polar surface area (TPSA) is 29.4 Å². The average molecular weight is 233 g/mol. The van der Waals surface area contributed by atoms with Gasteiger partial charge in [-0.25, -0.2) is 14.2 Å². The molecule has 0 amide bonds. The maximum atomic E-state index is 12.9. The maximum Gasteiger partial charge on any atom is 0.234 e. The number of halogens is 1. The molecule has 2 rings (SSSR count). The van der Waals surface area contributed by atoms with Gasteiger partial charge < -0.3 is 0 Å². The van der Waals surface area contributed by atoms with Crippen LogP contribution in [0.5, 0.6) is 0 Å². The van der Waals surface area contributed by atoms with Crippen LogP contribution in [0.2, 0.25) is 0 Å². The van der Waals surface area contributed by atoms with Crippen LogP contribution in [0.1, 0.15) is 37.7 Å². The molecule has 3 heteroatoms. The fourth-order valence-electron chi connectivity index (χ4n) is 2.75. The zero-order valence-corrected chi connectivity index (χ0v) is 9.79. The molecule has 0 unspecified atom stereocenters. The lowest BCUT2D eigenvalue weighted by atomic mass is 9.69. The molecular weight excluding hydrogens is 217 g/mol. The first-order chi connectivity index (χ1) is 8.27.